The van der Waals surface area contributed by atoms with E-state index in [0.29, 0.717) is 5.92 Å². The van der Waals surface area contributed by atoms with E-state index in [1.54, 1.807) is 0 Å². The maximum absolute atomic E-state index is 10.6. The van der Waals surface area contributed by atoms with E-state index in [1.165, 1.54) is 6.20 Å². The number of rotatable bonds is 3. The molecule has 1 saturated heterocycles. The van der Waals surface area contributed by atoms with Crippen LogP contribution in [-0.4, -0.2) is 27.7 Å². The Morgan fingerprint density at radius 2 is 2.64 bits per heavy atom. The van der Waals surface area contributed by atoms with E-state index in [9.17, 15) is 4.79 Å². The summed E-state index contributed by atoms with van der Waals surface area (Å²) in [7, 11) is 0. The topological polar surface area (TPSA) is 63.3 Å². The van der Waals surface area contributed by atoms with Crippen molar-refractivity contribution in [3.63, 3.8) is 0 Å². The van der Waals surface area contributed by atoms with Gasteiger partial charge in [-0.25, -0.2) is 0 Å². The van der Waals surface area contributed by atoms with E-state index in [4.69, 9.17) is 9.63 Å². The Kier molecular flexibility index (Phi) is 2.77. The summed E-state index contributed by atoms with van der Waals surface area (Å²) >= 11 is 1.87. The van der Waals surface area contributed by atoms with Gasteiger partial charge >= 0.3 is 5.97 Å². The average Bonchev–Trinajstić information content (AvgIpc) is 2.70. The summed E-state index contributed by atoms with van der Waals surface area (Å²) in [6, 6.07) is 0. The minimum atomic E-state index is -0.833. The van der Waals surface area contributed by atoms with Crippen LogP contribution in [0, 0.1) is 0 Å². The first-order chi connectivity index (χ1) is 6.77. The summed E-state index contributed by atoms with van der Waals surface area (Å²) in [6.45, 7) is 0. The predicted octanol–water partition coefficient (Wildman–Crippen LogP) is 1.52. The van der Waals surface area contributed by atoms with Crippen LogP contribution in [0.4, 0.5) is 0 Å². The third-order valence-electron chi connectivity index (χ3n) is 2.32. The SMILES string of the molecule is O=C(O)Cc1cnoc1C1CCSC1. The highest BCUT2D eigenvalue weighted by Crippen LogP contribution is 2.34. The molecule has 76 valence electrons. The fraction of sp³-hybridized carbons (Fsp3) is 0.556. The largest absolute Gasteiger partial charge is 0.481 e. The molecule has 4 nitrogen and oxygen atoms in total. The summed E-state index contributed by atoms with van der Waals surface area (Å²) in [5.41, 5.74) is 0.727. The molecule has 1 aliphatic rings. The highest BCUT2D eigenvalue weighted by Gasteiger charge is 2.24. The maximum Gasteiger partial charge on any atom is 0.308 e. The number of thioether (sulfide) groups is 1. The second kappa shape index (κ2) is 4.04. The Bertz CT molecular complexity index is 331. The van der Waals surface area contributed by atoms with Crippen molar-refractivity contribution in [2.24, 2.45) is 0 Å². The van der Waals surface area contributed by atoms with Crippen molar-refractivity contribution >= 4 is 17.7 Å². The molecule has 5 heteroatoms. The van der Waals surface area contributed by atoms with Crippen LogP contribution in [0.1, 0.15) is 23.7 Å². The van der Waals surface area contributed by atoms with Crippen molar-refractivity contribution in [1.29, 1.82) is 0 Å². The number of aliphatic carboxylic acids is 1. The molecule has 1 fully saturated rings. The lowest BCUT2D eigenvalue weighted by Gasteiger charge is -2.04. The lowest BCUT2D eigenvalue weighted by molar-refractivity contribution is -0.136. The lowest BCUT2D eigenvalue weighted by Crippen LogP contribution is -2.04. The second-order valence-corrected chi connectivity index (χ2v) is 4.50. The molecule has 1 atom stereocenters. The van der Waals surface area contributed by atoms with Crippen molar-refractivity contribution in [1.82, 2.24) is 5.16 Å². The third-order valence-corrected chi connectivity index (χ3v) is 3.48. The molecule has 2 rings (SSSR count). The Morgan fingerprint density at radius 1 is 1.79 bits per heavy atom. The number of hydrogen-bond donors (Lipinski definition) is 1. The van der Waals surface area contributed by atoms with Crippen molar-refractivity contribution in [3.8, 4) is 0 Å². The van der Waals surface area contributed by atoms with Crippen molar-refractivity contribution in [2.75, 3.05) is 11.5 Å². The molecule has 1 unspecified atom stereocenters. The van der Waals surface area contributed by atoms with Gasteiger partial charge in [0.1, 0.15) is 5.76 Å². The van der Waals surface area contributed by atoms with Gasteiger partial charge in [0.25, 0.3) is 0 Å². The van der Waals surface area contributed by atoms with Crippen LogP contribution in [-0.2, 0) is 11.2 Å². The Labute approximate surface area is 85.7 Å². The van der Waals surface area contributed by atoms with E-state index >= 15 is 0 Å². The van der Waals surface area contributed by atoms with E-state index in [-0.39, 0.29) is 6.42 Å². The van der Waals surface area contributed by atoms with Crippen molar-refractivity contribution in [2.45, 2.75) is 18.8 Å². The molecule has 1 N–H and O–H groups in total. The third kappa shape index (κ3) is 1.92. The number of carboxylic acids is 1. The number of carbonyl (C=O) groups is 1. The number of aromatic nitrogens is 1. The predicted molar refractivity (Wildman–Crippen MR) is 52.5 cm³/mol. The molecule has 1 aromatic heterocycles. The van der Waals surface area contributed by atoms with Gasteiger partial charge in [0.2, 0.25) is 0 Å². The maximum atomic E-state index is 10.6. The van der Waals surface area contributed by atoms with Crippen molar-refractivity contribution < 1.29 is 14.4 Å². The molecule has 1 aromatic rings. The molecule has 0 bridgehead atoms. The summed E-state index contributed by atoms with van der Waals surface area (Å²) < 4.78 is 5.12. The van der Waals surface area contributed by atoms with Gasteiger partial charge in [-0.2, -0.15) is 11.8 Å². The fourth-order valence-electron chi connectivity index (χ4n) is 1.64. The standard InChI is InChI=1S/C9H11NO3S/c11-8(12)3-7-4-10-13-9(7)6-1-2-14-5-6/h4,6H,1-3,5H2,(H,11,12). The Morgan fingerprint density at radius 3 is 3.29 bits per heavy atom. The zero-order valence-electron chi connectivity index (χ0n) is 7.60. The number of hydrogen-bond acceptors (Lipinski definition) is 4. The van der Waals surface area contributed by atoms with Gasteiger partial charge in [0.15, 0.2) is 0 Å². The molecular weight excluding hydrogens is 202 g/mol. The molecule has 0 amide bonds. The van der Waals surface area contributed by atoms with Crippen LogP contribution in [0.2, 0.25) is 0 Å². The average molecular weight is 213 g/mol. The summed E-state index contributed by atoms with van der Waals surface area (Å²) in [5, 5.41) is 12.4. The van der Waals surface area contributed by atoms with E-state index < -0.39 is 5.97 Å². The summed E-state index contributed by atoms with van der Waals surface area (Å²) in [5.74, 6) is 2.44. The van der Waals surface area contributed by atoms with Crippen molar-refractivity contribution in [3.05, 3.63) is 17.5 Å². The molecule has 0 aliphatic carbocycles. The second-order valence-electron chi connectivity index (χ2n) is 3.35. The van der Waals surface area contributed by atoms with Gasteiger partial charge in [-0.1, -0.05) is 5.16 Å². The van der Waals surface area contributed by atoms with Crippen LogP contribution < -0.4 is 0 Å². The molecule has 2 heterocycles. The van der Waals surface area contributed by atoms with Gasteiger partial charge in [0, 0.05) is 17.2 Å². The normalized spacial score (nSPS) is 21.3. The van der Waals surface area contributed by atoms with Gasteiger partial charge in [0.05, 0.1) is 12.6 Å². The highest BCUT2D eigenvalue weighted by molar-refractivity contribution is 7.99. The zero-order chi connectivity index (χ0) is 9.97. The molecule has 1 aliphatic heterocycles. The summed E-state index contributed by atoms with van der Waals surface area (Å²) in [4.78, 5) is 10.6. The summed E-state index contributed by atoms with van der Waals surface area (Å²) in [6.07, 6.45) is 2.60. The first-order valence-electron chi connectivity index (χ1n) is 4.50. The van der Waals surface area contributed by atoms with Gasteiger partial charge < -0.3 is 9.63 Å². The molecule has 0 saturated carbocycles. The fourth-order valence-corrected chi connectivity index (χ4v) is 2.86. The van der Waals surface area contributed by atoms with Crippen LogP contribution in [0.15, 0.2) is 10.7 Å². The van der Waals surface area contributed by atoms with Crippen LogP contribution in [0.5, 0.6) is 0 Å². The number of nitrogens with zero attached hydrogens (tertiary/aromatic N) is 1. The molecule has 0 spiro atoms. The van der Waals surface area contributed by atoms with Crippen LogP contribution in [0.25, 0.3) is 0 Å². The monoisotopic (exact) mass is 213 g/mol. The Hall–Kier alpha value is -0.970. The highest BCUT2D eigenvalue weighted by atomic mass is 32.2. The van der Waals surface area contributed by atoms with E-state index in [0.717, 1.165) is 29.3 Å². The minimum absolute atomic E-state index is 0.0139. The van der Waals surface area contributed by atoms with Gasteiger partial charge in [-0.3, -0.25) is 4.79 Å². The van der Waals surface area contributed by atoms with Gasteiger partial charge in [-0.15, -0.1) is 0 Å². The van der Waals surface area contributed by atoms with Crippen LogP contribution >= 0.6 is 11.8 Å². The van der Waals surface area contributed by atoms with E-state index in [1.807, 2.05) is 11.8 Å². The van der Waals surface area contributed by atoms with E-state index in [2.05, 4.69) is 5.16 Å². The lowest BCUT2D eigenvalue weighted by atomic mass is 10.0. The molecule has 14 heavy (non-hydrogen) atoms. The molecular formula is C9H11NO3S. The molecule has 0 radical (unpaired) electrons. The van der Waals surface area contributed by atoms with Crippen LogP contribution in [0.3, 0.4) is 0 Å². The Balaban J connectivity index is 2.15. The quantitative estimate of drug-likeness (QED) is 0.824. The first-order valence-corrected chi connectivity index (χ1v) is 5.66. The molecule has 0 aromatic carbocycles. The zero-order valence-corrected chi connectivity index (χ0v) is 8.42. The number of carboxylic acid groups (broad SMARTS) is 1. The minimum Gasteiger partial charge on any atom is -0.481 e. The smallest absolute Gasteiger partial charge is 0.308 e. The first kappa shape index (κ1) is 9.58. The van der Waals surface area contributed by atoms with Gasteiger partial charge in [-0.05, 0) is 12.2 Å².